The van der Waals surface area contributed by atoms with Gasteiger partial charge in [-0.3, -0.25) is 0 Å². The number of nitrogens with zero attached hydrogens (tertiary/aromatic N) is 1. The van der Waals surface area contributed by atoms with Crippen LogP contribution >= 0.6 is 0 Å². The van der Waals surface area contributed by atoms with Gasteiger partial charge in [-0.1, -0.05) is 12.1 Å². The zero-order chi connectivity index (χ0) is 10.8. The molecule has 74 valence electrons. The van der Waals surface area contributed by atoms with Gasteiger partial charge in [-0.05, 0) is 39.3 Å². The van der Waals surface area contributed by atoms with Gasteiger partial charge in [0, 0.05) is 5.54 Å². The van der Waals surface area contributed by atoms with Crippen LogP contribution in [-0.4, -0.2) is 5.54 Å². The molecule has 0 unspecified atom stereocenters. The number of anilines is 1. The minimum absolute atomic E-state index is 0.0145. The van der Waals surface area contributed by atoms with Gasteiger partial charge in [0.2, 0.25) is 0 Å². The van der Waals surface area contributed by atoms with Gasteiger partial charge in [-0.2, -0.15) is 5.26 Å². The van der Waals surface area contributed by atoms with Crippen LogP contribution in [0.5, 0.6) is 0 Å². The third kappa shape index (κ3) is 2.50. The zero-order valence-corrected chi connectivity index (χ0v) is 9.18. The third-order valence-electron chi connectivity index (χ3n) is 1.89. The number of hydrogen-bond acceptors (Lipinski definition) is 2. The molecule has 0 amide bonds. The molecule has 0 heterocycles. The minimum atomic E-state index is -0.0145. The maximum atomic E-state index is 9.01. The Kier molecular flexibility index (Phi) is 2.81. The fourth-order valence-electron chi connectivity index (χ4n) is 1.32. The molecule has 1 N–H and O–H groups in total. The predicted octanol–water partition coefficient (Wildman–Crippen LogP) is 3.08. The molecule has 0 aliphatic carbocycles. The summed E-state index contributed by atoms with van der Waals surface area (Å²) in [6, 6.07) is 8.08. The van der Waals surface area contributed by atoms with E-state index in [0.717, 1.165) is 16.8 Å². The first-order valence-electron chi connectivity index (χ1n) is 4.72. The predicted molar refractivity (Wildman–Crippen MR) is 59.3 cm³/mol. The Hall–Kier alpha value is -1.49. The van der Waals surface area contributed by atoms with E-state index in [1.165, 1.54) is 0 Å². The summed E-state index contributed by atoms with van der Waals surface area (Å²) in [5.41, 5.74) is 2.66. The van der Waals surface area contributed by atoms with Gasteiger partial charge < -0.3 is 5.32 Å². The van der Waals surface area contributed by atoms with Gasteiger partial charge in [0.15, 0.2) is 0 Å². The fourth-order valence-corrected chi connectivity index (χ4v) is 1.32. The van der Waals surface area contributed by atoms with E-state index in [4.69, 9.17) is 5.26 Å². The molecule has 0 radical (unpaired) electrons. The van der Waals surface area contributed by atoms with E-state index in [0.29, 0.717) is 0 Å². The molecule has 0 fully saturated rings. The number of rotatable bonds is 1. The highest BCUT2D eigenvalue weighted by Gasteiger charge is 2.12. The summed E-state index contributed by atoms with van der Waals surface area (Å²) in [5, 5.41) is 12.3. The van der Waals surface area contributed by atoms with Gasteiger partial charge in [0.05, 0.1) is 11.3 Å². The van der Waals surface area contributed by atoms with Crippen molar-refractivity contribution < 1.29 is 0 Å². The minimum Gasteiger partial charge on any atom is -0.379 e. The van der Waals surface area contributed by atoms with E-state index < -0.39 is 0 Å². The lowest BCUT2D eigenvalue weighted by Gasteiger charge is -2.23. The lowest BCUT2D eigenvalue weighted by Crippen LogP contribution is -2.26. The molecule has 0 saturated heterocycles. The van der Waals surface area contributed by atoms with Crippen LogP contribution in [0.2, 0.25) is 0 Å². The summed E-state index contributed by atoms with van der Waals surface area (Å²) < 4.78 is 0. The molecular formula is C12H16N2. The van der Waals surface area contributed by atoms with Crippen molar-refractivity contribution in [2.24, 2.45) is 0 Å². The molecule has 14 heavy (non-hydrogen) atoms. The van der Waals surface area contributed by atoms with E-state index in [9.17, 15) is 0 Å². The maximum Gasteiger partial charge on any atom is 0.102 e. The molecule has 1 rings (SSSR count). The normalized spacial score (nSPS) is 10.8. The van der Waals surface area contributed by atoms with Gasteiger partial charge in [0.1, 0.15) is 6.07 Å². The van der Waals surface area contributed by atoms with Crippen molar-refractivity contribution in [3.05, 3.63) is 29.3 Å². The van der Waals surface area contributed by atoms with Crippen molar-refractivity contribution in [2.75, 3.05) is 5.32 Å². The summed E-state index contributed by atoms with van der Waals surface area (Å²) in [6.07, 6.45) is 0. The summed E-state index contributed by atoms with van der Waals surface area (Å²) >= 11 is 0. The van der Waals surface area contributed by atoms with Gasteiger partial charge in [0.25, 0.3) is 0 Å². The maximum absolute atomic E-state index is 9.01. The topological polar surface area (TPSA) is 35.8 Å². The number of nitrogens with one attached hydrogen (secondary N) is 1. The first-order chi connectivity index (χ1) is 6.44. The van der Waals surface area contributed by atoms with Crippen LogP contribution in [0.15, 0.2) is 18.2 Å². The van der Waals surface area contributed by atoms with E-state index in [1.807, 2.05) is 25.1 Å². The van der Waals surface area contributed by atoms with Crippen LogP contribution < -0.4 is 5.32 Å². The first kappa shape index (κ1) is 10.6. The summed E-state index contributed by atoms with van der Waals surface area (Å²) in [6.45, 7) is 8.19. The Labute approximate surface area is 85.6 Å². The molecule has 0 atom stereocenters. The Bertz CT molecular complexity index is 367. The van der Waals surface area contributed by atoms with Crippen molar-refractivity contribution >= 4 is 5.69 Å². The highest BCUT2D eigenvalue weighted by atomic mass is 15.0. The second-order valence-corrected chi connectivity index (χ2v) is 4.48. The van der Waals surface area contributed by atoms with E-state index in [1.54, 1.807) is 0 Å². The largest absolute Gasteiger partial charge is 0.379 e. The van der Waals surface area contributed by atoms with Crippen molar-refractivity contribution in [3.8, 4) is 6.07 Å². The van der Waals surface area contributed by atoms with Gasteiger partial charge >= 0.3 is 0 Å². The molecule has 0 saturated carbocycles. The SMILES string of the molecule is Cc1cccc(NC(C)(C)C)c1C#N. The third-order valence-corrected chi connectivity index (χ3v) is 1.89. The van der Waals surface area contributed by atoms with E-state index >= 15 is 0 Å². The highest BCUT2D eigenvalue weighted by Crippen LogP contribution is 2.21. The van der Waals surface area contributed by atoms with E-state index in [2.05, 4.69) is 32.2 Å². The number of hydrogen-bond donors (Lipinski definition) is 1. The standard InChI is InChI=1S/C12H16N2/c1-9-6-5-7-11(10(9)8-13)14-12(2,3)4/h5-7,14H,1-4H3. The quantitative estimate of drug-likeness (QED) is 0.735. The molecule has 1 aromatic carbocycles. The number of nitriles is 1. The molecule has 0 aromatic heterocycles. The molecule has 1 aromatic rings. The fraction of sp³-hybridized carbons (Fsp3) is 0.417. The van der Waals surface area contributed by atoms with Crippen LogP contribution in [0.4, 0.5) is 5.69 Å². The Morgan fingerprint density at radius 2 is 1.93 bits per heavy atom. The van der Waals surface area contributed by atoms with E-state index in [-0.39, 0.29) is 5.54 Å². The van der Waals surface area contributed by atoms with Crippen LogP contribution in [0.25, 0.3) is 0 Å². The van der Waals surface area contributed by atoms with Crippen LogP contribution in [0, 0.1) is 18.3 Å². The lowest BCUT2D eigenvalue weighted by molar-refractivity contribution is 0.634. The Morgan fingerprint density at radius 1 is 1.29 bits per heavy atom. The molecular weight excluding hydrogens is 172 g/mol. The summed E-state index contributed by atoms with van der Waals surface area (Å²) in [5.74, 6) is 0. The van der Waals surface area contributed by atoms with Crippen LogP contribution in [0.3, 0.4) is 0 Å². The van der Waals surface area contributed by atoms with Crippen molar-refractivity contribution in [1.82, 2.24) is 0 Å². The summed E-state index contributed by atoms with van der Waals surface area (Å²) in [7, 11) is 0. The van der Waals surface area contributed by atoms with Crippen LogP contribution in [-0.2, 0) is 0 Å². The molecule has 0 aliphatic heterocycles. The van der Waals surface area contributed by atoms with Gasteiger partial charge in [-0.15, -0.1) is 0 Å². The zero-order valence-electron chi connectivity index (χ0n) is 9.18. The van der Waals surface area contributed by atoms with Crippen LogP contribution in [0.1, 0.15) is 31.9 Å². The smallest absolute Gasteiger partial charge is 0.102 e. The lowest BCUT2D eigenvalue weighted by atomic mass is 10.0. The molecule has 0 aliphatic rings. The average molecular weight is 188 g/mol. The number of aryl methyl sites for hydroxylation is 1. The first-order valence-corrected chi connectivity index (χ1v) is 4.72. The Morgan fingerprint density at radius 3 is 2.43 bits per heavy atom. The average Bonchev–Trinajstić information content (AvgIpc) is 2.01. The molecule has 0 bridgehead atoms. The Balaban J connectivity index is 3.10. The van der Waals surface area contributed by atoms with Crippen molar-refractivity contribution in [1.29, 1.82) is 5.26 Å². The highest BCUT2D eigenvalue weighted by molar-refractivity contribution is 5.61. The molecule has 2 nitrogen and oxygen atoms in total. The summed E-state index contributed by atoms with van der Waals surface area (Å²) in [4.78, 5) is 0. The monoisotopic (exact) mass is 188 g/mol. The van der Waals surface area contributed by atoms with Crippen molar-refractivity contribution in [3.63, 3.8) is 0 Å². The molecule has 2 heteroatoms. The molecule has 0 spiro atoms. The van der Waals surface area contributed by atoms with Gasteiger partial charge in [-0.25, -0.2) is 0 Å². The van der Waals surface area contributed by atoms with Crippen molar-refractivity contribution in [2.45, 2.75) is 33.2 Å². The second-order valence-electron chi connectivity index (χ2n) is 4.48. The second kappa shape index (κ2) is 3.71. The number of benzene rings is 1.